The quantitative estimate of drug-likeness (QED) is 0.720. The largest absolute Gasteiger partial charge is 0.355 e. The third-order valence-electron chi connectivity index (χ3n) is 2.88. The van der Waals surface area contributed by atoms with Crippen LogP contribution in [0.1, 0.15) is 39.3 Å². The minimum Gasteiger partial charge on any atom is -0.355 e. The molecule has 1 rings (SSSR count). The van der Waals surface area contributed by atoms with Crippen molar-refractivity contribution in [2.24, 2.45) is 5.92 Å². The second kappa shape index (κ2) is 7.16. The van der Waals surface area contributed by atoms with Gasteiger partial charge in [-0.1, -0.05) is 13.8 Å². The van der Waals surface area contributed by atoms with Gasteiger partial charge in [0.25, 0.3) is 0 Å². The molecule has 0 aromatic carbocycles. The van der Waals surface area contributed by atoms with Crippen molar-refractivity contribution in [2.45, 2.75) is 40.3 Å². The van der Waals surface area contributed by atoms with Crippen LogP contribution in [0.4, 0.5) is 0 Å². The number of amides is 1. The molecule has 0 saturated carbocycles. The van der Waals surface area contributed by atoms with Gasteiger partial charge in [-0.2, -0.15) is 5.10 Å². The highest BCUT2D eigenvalue weighted by Crippen LogP contribution is 2.09. The van der Waals surface area contributed by atoms with E-state index in [1.807, 2.05) is 30.9 Å². The summed E-state index contributed by atoms with van der Waals surface area (Å²) in [6, 6.07) is 0.251. The van der Waals surface area contributed by atoms with Crippen molar-refractivity contribution in [1.82, 2.24) is 20.4 Å². The molecule has 1 unspecified atom stereocenters. The zero-order valence-electron chi connectivity index (χ0n) is 11.7. The number of aryl methyl sites for hydroxylation is 1. The van der Waals surface area contributed by atoms with E-state index in [1.54, 1.807) is 0 Å². The van der Waals surface area contributed by atoms with Crippen molar-refractivity contribution in [2.75, 3.05) is 13.1 Å². The molecule has 0 aliphatic rings. The molecular weight excluding hydrogens is 228 g/mol. The van der Waals surface area contributed by atoms with E-state index in [-0.39, 0.29) is 17.9 Å². The Hall–Kier alpha value is -1.36. The van der Waals surface area contributed by atoms with E-state index in [4.69, 9.17) is 0 Å². The number of rotatable bonds is 7. The molecule has 0 aliphatic heterocycles. The van der Waals surface area contributed by atoms with Crippen molar-refractivity contribution < 1.29 is 4.79 Å². The van der Waals surface area contributed by atoms with Gasteiger partial charge in [0.2, 0.25) is 5.91 Å². The van der Waals surface area contributed by atoms with Crippen molar-refractivity contribution in [3.05, 3.63) is 18.0 Å². The monoisotopic (exact) mass is 252 g/mol. The molecule has 18 heavy (non-hydrogen) atoms. The summed E-state index contributed by atoms with van der Waals surface area (Å²) in [7, 11) is 0. The lowest BCUT2D eigenvalue weighted by Crippen LogP contribution is -2.34. The SMILES string of the molecule is CCn1cc(C(C)NCCNC(=O)C(C)C)cn1. The van der Waals surface area contributed by atoms with Gasteiger partial charge in [-0.3, -0.25) is 9.48 Å². The summed E-state index contributed by atoms with van der Waals surface area (Å²) in [4.78, 5) is 11.3. The number of aromatic nitrogens is 2. The predicted octanol–water partition coefficient (Wildman–Crippen LogP) is 1.33. The molecule has 1 amide bonds. The minimum absolute atomic E-state index is 0.0465. The Morgan fingerprint density at radius 3 is 2.67 bits per heavy atom. The molecule has 1 atom stereocenters. The molecule has 0 radical (unpaired) electrons. The van der Waals surface area contributed by atoms with Gasteiger partial charge in [-0.15, -0.1) is 0 Å². The lowest BCUT2D eigenvalue weighted by Gasteiger charge is -2.13. The predicted molar refractivity (Wildman–Crippen MR) is 72.2 cm³/mol. The first kappa shape index (κ1) is 14.7. The summed E-state index contributed by atoms with van der Waals surface area (Å²) in [5, 5.41) is 10.5. The molecule has 0 fully saturated rings. The Morgan fingerprint density at radius 2 is 2.11 bits per heavy atom. The topological polar surface area (TPSA) is 59.0 Å². The fraction of sp³-hybridized carbons (Fsp3) is 0.692. The van der Waals surface area contributed by atoms with Gasteiger partial charge in [0.05, 0.1) is 6.20 Å². The fourth-order valence-corrected chi connectivity index (χ4v) is 1.57. The minimum atomic E-state index is 0.0465. The van der Waals surface area contributed by atoms with Gasteiger partial charge in [-0.05, 0) is 13.8 Å². The van der Waals surface area contributed by atoms with Crippen LogP contribution in [0.25, 0.3) is 0 Å². The average molecular weight is 252 g/mol. The lowest BCUT2D eigenvalue weighted by molar-refractivity contribution is -0.123. The van der Waals surface area contributed by atoms with Gasteiger partial charge in [0.1, 0.15) is 0 Å². The van der Waals surface area contributed by atoms with E-state index in [0.717, 1.165) is 13.1 Å². The molecule has 1 aromatic rings. The van der Waals surface area contributed by atoms with E-state index >= 15 is 0 Å². The molecule has 0 aliphatic carbocycles. The summed E-state index contributed by atoms with van der Waals surface area (Å²) in [5.74, 6) is 0.147. The third kappa shape index (κ3) is 4.49. The van der Waals surface area contributed by atoms with Crippen LogP contribution in [0.2, 0.25) is 0 Å². The second-order valence-electron chi connectivity index (χ2n) is 4.75. The Labute approximate surface area is 109 Å². The standard InChI is InChI=1S/C13H24N4O/c1-5-17-9-12(8-16-17)11(4)14-6-7-15-13(18)10(2)3/h8-11,14H,5-7H2,1-4H3,(H,15,18). The first-order valence-electron chi connectivity index (χ1n) is 6.58. The maximum Gasteiger partial charge on any atom is 0.222 e. The smallest absolute Gasteiger partial charge is 0.222 e. The van der Waals surface area contributed by atoms with Crippen molar-refractivity contribution in [3.63, 3.8) is 0 Å². The Bertz CT molecular complexity index is 373. The lowest BCUT2D eigenvalue weighted by atomic mass is 10.2. The van der Waals surface area contributed by atoms with Crippen molar-refractivity contribution >= 4 is 5.91 Å². The first-order chi connectivity index (χ1) is 8.54. The molecule has 5 nitrogen and oxygen atoms in total. The molecular formula is C13H24N4O. The van der Waals surface area contributed by atoms with Gasteiger partial charge in [0.15, 0.2) is 0 Å². The second-order valence-corrected chi connectivity index (χ2v) is 4.75. The van der Waals surface area contributed by atoms with Crippen LogP contribution in [0.5, 0.6) is 0 Å². The summed E-state index contributed by atoms with van der Waals surface area (Å²) >= 11 is 0. The molecule has 102 valence electrons. The van der Waals surface area contributed by atoms with E-state index in [0.29, 0.717) is 6.54 Å². The molecule has 0 spiro atoms. The molecule has 0 saturated heterocycles. The van der Waals surface area contributed by atoms with Crippen LogP contribution in [-0.4, -0.2) is 28.8 Å². The Kier molecular flexibility index (Phi) is 5.85. The van der Waals surface area contributed by atoms with Crippen LogP contribution < -0.4 is 10.6 Å². The van der Waals surface area contributed by atoms with Gasteiger partial charge in [0, 0.05) is 43.4 Å². The van der Waals surface area contributed by atoms with E-state index in [9.17, 15) is 4.79 Å². The average Bonchev–Trinajstić information content (AvgIpc) is 2.82. The Balaban J connectivity index is 2.25. The number of nitrogens with zero attached hydrogens (tertiary/aromatic N) is 2. The van der Waals surface area contributed by atoms with Gasteiger partial charge >= 0.3 is 0 Å². The van der Waals surface area contributed by atoms with E-state index in [2.05, 4.69) is 29.6 Å². The summed E-state index contributed by atoms with van der Waals surface area (Å²) in [6.07, 6.45) is 3.93. The number of hydrogen-bond donors (Lipinski definition) is 2. The van der Waals surface area contributed by atoms with Crippen LogP contribution >= 0.6 is 0 Å². The fourth-order valence-electron chi connectivity index (χ4n) is 1.57. The zero-order chi connectivity index (χ0) is 13.5. The van der Waals surface area contributed by atoms with Gasteiger partial charge in [-0.25, -0.2) is 0 Å². The summed E-state index contributed by atoms with van der Waals surface area (Å²) < 4.78 is 1.91. The normalized spacial score (nSPS) is 12.7. The molecule has 1 heterocycles. The number of nitrogens with one attached hydrogen (secondary N) is 2. The van der Waals surface area contributed by atoms with Gasteiger partial charge < -0.3 is 10.6 Å². The summed E-state index contributed by atoms with van der Waals surface area (Å²) in [5.41, 5.74) is 1.17. The maximum absolute atomic E-state index is 11.3. The van der Waals surface area contributed by atoms with E-state index < -0.39 is 0 Å². The van der Waals surface area contributed by atoms with Crippen LogP contribution in [0.15, 0.2) is 12.4 Å². The van der Waals surface area contributed by atoms with Crippen LogP contribution in [-0.2, 0) is 11.3 Å². The molecule has 5 heteroatoms. The highest BCUT2D eigenvalue weighted by atomic mass is 16.1. The van der Waals surface area contributed by atoms with Crippen LogP contribution in [0.3, 0.4) is 0 Å². The molecule has 1 aromatic heterocycles. The molecule has 0 bridgehead atoms. The highest BCUT2D eigenvalue weighted by Gasteiger charge is 2.08. The number of carbonyl (C=O) groups excluding carboxylic acids is 1. The van der Waals surface area contributed by atoms with Crippen molar-refractivity contribution in [3.8, 4) is 0 Å². The van der Waals surface area contributed by atoms with E-state index in [1.165, 1.54) is 5.56 Å². The number of carbonyl (C=O) groups is 1. The Morgan fingerprint density at radius 1 is 1.39 bits per heavy atom. The third-order valence-corrected chi connectivity index (χ3v) is 2.88. The number of hydrogen-bond acceptors (Lipinski definition) is 3. The summed E-state index contributed by atoms with van der Waals surface area (Å²) in [6.45, 7) is 10.3. The highest BCUT2D eigenvalue weighted by molar-refractivity contribution is 5.77. The van der Waals surface area contributed by atoms with Crippen LogP contribution in [0, 0.1) is 5.92 Å². The first-order valence-corrected chi connectivity index (χ1v) is 6.58. The maximum atomic E-state index is 11.3. The zero-order valence-corrected chi connectivity index (χ0v) is 11.7. The van der Waals surface area contributed by atoms with Crippen molar-refractivity contribution in [1.29, 1.82) is 0 Å². The molecule has 2 N–H and O–H groups in total.